The first-order chi connectivity index (χ1) is 28.0. The van der Waals surface area contributed by atoms with Crippen molar-refractivity contribution in [1.82, 2.24) is 64.1 Å². The predicted molar refractivity (Wildman–Crippen MR) is 211 cm³/mol. The van der Waals surface area contributed by atoms with Crippen molar-refractivity contribution in [2.24, 2.45) is 0 Å². The molecule has 4 amide bonds. The Morgan fingerprint density at radius 1 is 0.561 bits per heavy atom. The zero-order valence-electron chi connectivity index (χ0n) is 30.1. The summed E-state index contributed by atoms with van der Waals surface area (Å²) in [6.45, 7) is 1.25. The average Bonchev–Trinajstić information content (AvgIpc) is 4.07. The molecular weight excluding hydrogens is 723 g/mol. The minimum absolute atomic E-state index is 0.330. The molecule has 9 rings (SSSR count). The third kappa shape index (κ3) is 7.74. The molecule has 9 aromatic rings. The molecule has 0 radical (unpaired) electrons. The second-order valence-electron chi connectivity index (χ2n) is 12.9. The summed E-state index contributed by atoms with van der Waals surface area (Å²) in [5.74, 6) is 1.05. The van der Waals surface area contributed by atoms with Gasteiger partial charge in [0.2, 0.25) is 0 Å². The fourth-order valence-electron chi connectivity index (χ4n) is 6.22. The van der Waals surface area contributed by atoms with Gasteiger partial charge in [0, 0.05) is 56.0 Å². The second kappa shape index (κ2) is 15.3. The highest BCUT2D eigenvalue weighted by atomic mass is 16.2. The minimum atomic E-state index is -0.334. The fraction of sp³-hybridized carbons (Fsp3) is 0.0750. The fourth-order valence-corrected chi connectivity index (χ4v) is 6.22. The molecule has 17 nitrogen and oxygen atoms in total. The lowest BCUT2D eigenvalue weighted by Gasteiger charge is -2.09. The van der Waals surface area contributed by atoms with Crippen LogP contribution in [0.2, 0.25) is 0 Å². The number of urea groups is 2. The van der Waals surface area contributed by atoms with Gasteiger partial charge in [-0.1, -0.05) is 12.1 Å². The van der Waals surface area contributed by atoms with E-state index >= 15 is 0 Å². The highest BCUT2D eigenvalue weighted by Gasteiger charge is 2.16. The van der Waals surface area contributed by atoms with Crippen LogP contribution in [0.4, 0.5) is 21.0 Å². The van der Waals surface area contributed by atoms with Gasteiger partial charge < -0.3 is 25.8 Å². The summed E-state index contributed by atoms with van der Waals surface area (Å²) in [6, 6.07) is 27.9. The number of carbonyl (C=O) groups excluding carboxylic acids is 2. The Labute approximate surface area is 324 Å². The highest BCUT2D eigenvalue weighted by molar-refractivity contribution is 5.89. The molecule has 0 bridgehead atoms. The van der Waals surface area contributed by atoms with E-state index in [1.165, 1.54) is 0 Å². The number of carbonyl (C=O) groups is 2. The Kier molecular flexibility index (Phi) is 9.25. The van der Waals surface area contributed by atoms with Gasteiger partial charge >= 0.3 is 12.1 Å². The maximum atomic E-state index is 12.5. The third-order valence-corrected chi connectivity index (χ3v) is 9.05. The first kappa shape index (κ1) is 34.6. The van der Waals surface area contributed by atoms with Crippen LogP contribution in [0, 0.1) is 0 Å². The van der Waals surface area contributed by atoms with Crippen molar-refractivity contribution in [2.45, 2.75) is 19.6 Å². The van der Waals surface area contributed by atoms with E-state index in [2.05, 4.69) is 41.4 Å². The van der Waals surface area contributed by atoms with Gasteiger partial charge in [-0.25, -0.2) is 28.6 Å². The van der Waals surface area contributed by atoms with Crippen LogP contribution in [0.3, 0.4) is 0 Å². The van der Waals surface area contributed by atoms with Gasteiger partial charge in [-0.05, 0) is 95.6 Å². The van der Waals surface area contributed by atoms with E-state index in [0.717, 1.165) is 33.8 Å². The number of hydrogen-bond donors (Lipinski definition) is 4. The lowest BCUT2D eigenvalue weighted by atomic mass is 10.2. The number of aromatic nitrogens is 11. The summed E-state index contributed by atoms with van der Waals surface area (Å²) in [5, 5.41) is 25.3. The van der Waals surface area contributed by atoms with Crippen molar-refractivity contribution in [1.29, 1.82) is 0 Å². The Bertz CT molecular complexity index is 2830. The molecule has 8 heterocycles. The second-order valence-corrected chi connectivity index (χ2v) is 12.9. The standard InChI is InChI=1S/C40H33N15O2/c56-39(43-22-27-11-16-41-17-12-27)46-30-5-9-35-48-37(50-54(35)25-30)33-2-1-21-52(33)32-7-3-29(4-8-32)24-53-34(15-20-45-53)38-49-36-10-6-31(26-55(36)51-38)47-40(57)44-23-28-13-18-42-19-14-28/h1-21,25-26H,22-24H2,(H2,43,46,56)(H2,44,47,57). The highest BCUT2D eigenvalue weighted by Crippen LogP contribution is 2.24. The Hall–Kier alpha value is -8.21. The van der Waals surface area contributed by atoms with Crippen LogP contribution in [-0.2, 0) is 19.6 Å². The molecule has 57 heavy (non-hydrogen) atoms. The normalized spacial score (nSPS) is 11.2. The molecule has 0 spiro atoms. The summed E-state index contributed by atoms with van der Waals surface area (Å²) in [5.41, 5.74) is 7.85. The SMILES string of the molecule is O=C(NCc1ccncc1)Nc1ccc2nc(-c3cccn3-c3ccc(Cn4nccc4-c4nc5ccc(NC(=O)NCc6ccncc6)cn5n4)cc3)nn2c1. The van der Waals surface area contributed by atoms with E-state index in [9.17, 15) is 9.59 Å². The number of pyridine rings is 4. The number of fused-ring (bicyclic) bond motifs is 2. The smallest absolute Gasteiger partial charge is 0.319 e. The lowest BCUT2D eigenvalue weighted by molar-refractivity contribution is 0.251. The van der Waals surface area contributed by atoms with E-state index in [1.807, 2.05) is 88.2 Å². The zero-order chi connectivity index (χ0) is 38.6. The molecule has 8 aromatic heterocycles. The van der Waals surface area contributed by atoms with Crippen LogP contribution in [0.1, 0.15) is 16.7 Å². The molecule has 4 N–H and O–H groups in total. The van der Waals surface area contributed by atoms with E-state index in [4.69, 9.17) is 15.1 Å². The van der Waals surface area contributed by atoms with Crippen LogP contribution in [0.15, 0.2) is 141 Å². The number of nitrogens with zero attached hydrogens (tertiary/aromatic N) is 11. The maximum Gasteiger partial charge on any atom is 0.319 e. The van der Waals surface area contributed by atoms with Gasteiger partial charge in [0.05, 0.1) is 36.0 Å². The van der Waals surface area contributed by atoms with E-state index in [-0.39, 0.29) is 12.1 Å². The molecule has 0 aliphatic rings. The van der Waals surface area contributed by atoms with Crippen LogP contribution >= 0.6 is 0 Å². The van der Waals surface area contributed by atoms with Gasteiger partial charge in [0.15, 0.2) is 22.9 Å². The molecule has 280 valence electrons. The van der Waals surface area contributed by atoms with Gasteiger partial charge in [-0.3, -0.25) is 14.6 Å². The first-order valence-corrected chi connectivity index (χ1v) is 17.9. The number of anilines is 2. The molecule has 0 aliphatic carbocycles. The Morgan fingerprint density at radius 3 is 1.70 bits per heavy atom. The van der Waals surface area contributed by atoms with Gasteiger partial charge in [0.1, 0.15) is 5.69 Å². The summed E-state index contributed by atoms with van der Waals surface area (Å²) >= 11 is 0. The van der Waals surface area contributed by atoms with Crippen molar-refractivity contribution in [2.75, 3.05) is 10.6 Å². The van der Waals surface area contributed by atoms with E-state index < -0.39 is 0 Å². The van der Waals surface area contributed by atoms with E-state index in [0.29, 0.717) is 54.0 Å². The van der Waals surface area contributed by atoms with Crippen LogP contribution in [0.5, 0.6) is 0 Å². The van der Waals surface area contributed by atoms with Crippen molar-refractivity contribution in [3.63, 3.8) is 0 Å². The third-order valence-electron chi connectivity index (χ3n) is 9.05. The zero-order valence-corrected chi connectivity index (χ0v) is 30.1. The average molecular weight is 756 g/mol. The van der Waals surface area contributed by atoms with Crippen molar-refractivity contribution in [3.8, 4) is 28.7 Å². The van der Waals surface area contributed by atoms with Crippen molar-refractivity contribution >= 4 is 34.7 Å². The topological polar surface area (TPSA) is 191 Å². The van der Waals surface area contributed by atoms with Crippen molar-refractivity contribution < 1.29 is 9.59 Å². The predicted octanol–water partition coefficient (Wildman–Crippen LogP) is 5.57. The molecule has 1 aromatic carbocycles. The molecule has 0 saturated heterocycles. The molecule has 0 unspecified atom stereocenters. The number of benzene rings is 1. The lowest BCUT2D eigenvalue weighted by Crippen LogP contribution is -2.28. The van der Waals surface area contributed by atoms with E-state index in [1.54, 1.807) is 70.6 Å². The number of hydrogen-bond acceptors (Lipinski definition) is 9. The summed E-state index contributed by atoms with van der Waals surface area (Å²) in [7, 11) is 0. The first-order valence-electron chi connectivity index (χ1n) is 17.9. The van der Waals surface area contributed by atoms with Gasteiger partial charge in [0.25, 0.3) is 0 Å². The molecule has 0 aliphatic heterocycles. The van der Waals surface area contributed by atoms with Crippen LogP contribution in [0.25, 0.3) is 40.0 Å². The number of rotatable bonds is 11. The van der Waals surface area contributed by atoms with Gasteiger partial charge in [-0.2, -0.15) is 5.10 Å². The monoisotopic (exact) mass is 755 g/mol. The molecule has 0 saturated carbocycles. The van der Waals surface area contributed by atoms with Gasteiger partial charge in [-0.15, -0.1) is 10.2 Å². The van der Waals surface area contributed by atoms with Crippen molar-refractivity contribution in [3.05, 3.63) is 157 Å². The molecule has 0 fully saturated rings. The summed E-state index contributed by atoms with van der Waals surface area (Å²) in [4.78, 5) is 42.5. The van der Waals surface area contributed by atoms with Crippen LogP contribution in [-0.4, -0.2) is 65.6 Å². The molecule has 0 atom stereocenters. The largest absolute Gasteiger partial charge is 0.334 e. The summed E-state index contributed by atoms with van der Waals surface area (Å²) in [6.07, 6.45) is 13.9. The Morgan fingerprint density at radius 2 is 1.12 bits per heavy atom. The minimum Gasteiger partial charge on any atom is -0.334 e. The summed E-state index contributed by atoms with van der Waals surface area (Å²) < 4.78 is 7.16. The number of nitrogens with one attached hydrogen (secondary N) is 4. The maximum absolute atomic E-state index is 12.5. The number of amides is 4. The molecule has 17 heteroatoms. The van der Waals surface area contributed by atoms with Crippen LogP contribution < -0.4 is 21.3 Å². The quantitative estimate of drug-likeness (QED) is 0.131. The Balaban J connectivity index is 0.852. The molecular formula is C40H33N15O2.